The number of carbonyl (C=O) groups excluding carboxylic acids is 1. The molecule has 0 fully saturated rings. The van der Waals surface area contributed by atoms with E-state index < -0.39 is 0 Å². The van der Waals surface area contributed by atoms with Crippen LogP contribution in [0.2, 0.25) is 0 Å². The van der Waals surface area contributed by atoms with Crippen LogP contribution in [-0.2, 0) is 0 Å². The molecule has 0 unspecified atom stereocenters. The van der Waals surface area contributed by atoms with Crippen LogP contribution in [0.3, 0.4) is 0 Å². The smallest absolute Gasteiger partial charge is 0.252 e. The summed E-state index contributed by atoms with van der Waals surface area (Å²) in [5.41, 5.74) is 7.61. The fraction of sp³-hybridized carbons (Fsp3) is 0.208. The van der Waals surface area contributed by atoms with Gasteiger partial charge in [-0.25, -0.2) is 0 Å². The molecule has 0 aliphatic carbocycles. The first-order valence-corrected chi connectivity index (χ1v) is 8.96. The Morgan fingerprint density at radius 2 is 1.50 bits per heavy atom. The van der Waals surface area contributed by atoms with Crippen LogP contribution in [0, 0.1) is 27.7 Å². The van der Waals surface area contributed by atoms with E-state index in [4.69, 9.17) is 0 Å². The normalized spacial score (nSPS) is 11.8. The quantitative estimate of drug-likeness (QED) is 0.671. The van der Waals surface area contributed by atoms with Gasteiger partial charge in [-0.1, -0.05) is 60.2 Å². The monoisotopic (exact) mass is 343 g/mol. The van der Waals surface area contributed by atoms with Crippen molar-refractivity contribution >= 4 is 5.91 Å². The van der Waals surface area contributed by atoms with Crippen molar-refractivity contribution in [3.05, 3.63) is 106 Å². The molecule has 1 amide bonds. The predicted octanol–water partition coefficient (Wildman–Crippen LogP) is 5.44. The van der Waals surface area contributed by atoms with Gasteiger partial charge < -0.3 is 5.32 Å². The van der Waals surface area contributed by atoms with Crippen LogP contribution in [0.15, 0.2) is 66.7 Å². The zero-order valence-corrected chi connectivity index (χ0v) is 15.8. The lowest BCUT2D eigenvalue weighted by Crippen LogP contribution is -2.30. The number of benzene rings is 3. The van der Waals surface area contributed by atoms with Crippen molar-refractivity contribution in [1.29, 1.82) is 0 Å². The maximum atomic E-state index is 12.9. The van der Waals surface area contributed by atoms with Crippen LogP contribution >= 0.6 is 0 Å². The first-order valence-electron chi connectivity index (χ1n) is 8.96. The average molecular weight is 343 g/mol. The van der Waals surface area contributed by atoms with Crippen LogP contribution in [0.25, 0.3) is 0 Å². The fourth-order valence-corrected chi connectivity index (χ4v) is 3.23. The highest BCUT2D eigenvalue weighted by molar-refractivity contribution is 5.95. The van der Waals surface area contributed by atoms with Crippen LogP contribution in [-0.4, -0.2) is 5.91 Å². The Hall–Kier alpha value is -2.87. The van der Waals surface area contributed by atoms with E-state index in [0.29, 0.717) is 5.56 Å². The first-order chi connectivity index (χ1) is 12.5. The van der Waals surface area contributed by atoms with Crippen molar-refractivity contribution in [2.24, 2.45) is 0 Å². The summed E-state index contributed by atoms with van der Waals surface area (Å²) < 4.78 is 0. The molecule has 0 bridgehead atoms. The lowest BCUT2D eigenvalue weighted by atomic mass is 9.93. The molecular formula is C24H25NO. The van der Waals surface area contributed by atoms with Gasteiger partial charge in [-0.3, -0.25) is 4.79 Å². The van der Waals surface area contributed by atoms with Gasteiger partial charge in [-0.05, 0) is 67.6 Å². The predicted molar refractivity (Wildman–Crippen MR) is 108 cm³/mol. The van der Waals surface area contributed by atoms with E-state index in [1.165, 1.54) is 16.7 Å². The maximum absolute atomic E-state index is 12.9. The van der Waals surface area contributed by atoms with Gasteiger partial charge in [-0.15, -0.1) is 0 Å². The minimum absolute atomic E-state index is 0.0538. The van der Waals surface area contributed by atoms with Gasteiger partial charge in [-0.2, -0.15) is 0 Å². The fourth-order valence-electron chi connectivity index (χ4n) is 3.23. The van der Waals surface area contributed by atoms with E-state index in [0.717, 1.165) is 16.7 Å². The molecule has 1 N–H and O–H groups in total. The molecule has 3 rings (SSSR count). The van der Waals surface area contributed by atoms with Gasteiger partial charge in [0.25, 0.3) is 5.91 Å². The zero-order chi connectivity index (χ0) is 18.7. The minimum Gasteiger partial charge on any atom is -0.341 e. The molecule has 0 aliphatic rings. The Labute approximate surface area is 155 Å². The standard InChI is InChI=1S/C24H25NO/c1-16-10-13-22(19(4)14-16)23(20-8-6-5-7-9-20)25-24(26)21-12-11-17(2)18(3)15-21/h5-15,23H,1-4H3,(H,25,26)/t23-/m1/s1. The van der Waals surface area contributed by atoms with Gasteiger partial charge in [0.15, 0.2) is 0 Å². The number of hydrogen-bond acceptors (Lipinski definition) is 1. The van der Waals surface area contributed by atoms with Gasteiger partial charge >= 0.3 is 0 Å². The first kappa shape index (κ1) is 17.9. The van der Waals surface area contributed by atoms with E-state index in [1.807, 2.05) is 43.3 Å². The van der Waals surface area contributed by atoms with Crippen molar-refractivity contribution in [3.8, 4) is 0 Å². The van der Waals surface area contributed by atoms with E-state index in [9.17, 15) is 4.79 Å². The van der Waals surface area contributed by atoms with Crippen molar-refractivity contribution in [1.82, 2.24) is 5.32 Å². The van der Waals surface area contributed by atoms with Gasteiger partial charge in [0, 0.05) is 5.56 Å². The molecule has 26 heavy (non-hydrogen) atoms. The second-order valence-corrected chi connectivity index (χ2v) is 6.98. The topological polar surface area (TPSA) is 29.1 Å². The third kappa shape index (κ3) is 3.85. The molecule has 0 radical (unpaired) electrons. The SMILES string of the molecule is Cc1ccc([C@H](NC(=O)c2ccc(C)c(C)c2)c2ccccc2)c(C)c1. The second kappa shape index (κ2) is 7.57. The molecule has 3 aromatic carbocycles. The van der Waals surface area contributed by atoms with Crippen molar-refractivity contribution in [3.63, 3.8) is 0 Å². The van der Waals surface area contributed by atoms with Crippen LogP contribution in [0.4, 0.5) is 0 Å². The Bertz CT molecular complexity index is 928. The molecule has 0 aliphatic heterocycles. The van der Waals surface area contributed by atoms with Crippen LogP contribution in [0.5, 0.6) is 0 Å². The summed E-state index contributed by atoms with van der Waals surface area (Å²) in [6.45, 7) is 8.27. The Kier molecular flexibility index (Phi) is 5.22. The Morgan fingerprint density at radius 1 is 0.769 bits per heavy atom. The summed E-state index contributed by atoms with van der Waals surface area (Å²) >= 11 is 0. The number of hydrogen-bond donors (Lipinski definition) is 1. The number of amides is 1. The molecule has 2 nitrogen and oxygen atoms in total. The lowest BCUT2D eigenvalue weighted by molar-refractivity contribution is 0.0943. The van der Waals surface area contributed by atoms with E-state index in [2.05, 4.69) is 56.4 Å². The van der Waals surface area contributed by atoms with Gasteiger partial charge in [0.1, 0.15) is 0 Å². The molecule has 2 heteroatoms. The lowest BCUT2D eigenvalue weighted by Gasteiger charge is -2.22. The van der Waals surface area contributed by atoms with Crippen molar-refractivity contribution in [2.45, 2.75) is 33.7 Å². The second-order valence-electron chi connectivity index (χ2n) is 6.98. The molecule has 0 spiro atoms. The summed E-state index contributed by atoms with van der Waals surface area (Å²) in [4.78, 5) is 12.9. The Morgan fingerprint density at radius 3 is 2.15 bits per heavy atom. The summed E-state index contributed by atoms with van der Waals surface area (Å²) in [6.07, 6.45) is 0. The molecular weight excluding hydrogens is 318 g/mol. The summed E-state index contributed by atoms with van der Waals surface area (Å²) in [5.74, 6) is -0.0538. The largest absolute Gasteiger partial charge is 0.341 e. The maximum Gasteiger partial charge on any atom is 0.252 e. The molecule has 0 saturated heterocycles. The number of carbonyl (C=O) groups is 1. The molecule has 0 aromatic heterocycles. The van der Waals surface area contributed by atoms with Crippen molar-refractivity contribution < 1.29 is 4.79 Å². The van der Waals surface area contributed by atoms with Gasteiger partial charge in [0.2, 0.25) is 0 Å². The van der Waals surface area contributed by atoms with E-state index in [1.54, 1.807) is 0 Å². The summed E-state index contributed by atoms with van der Waals surface area (Å²) in [6, 6.07) is 22.2. The highest BCUT2D eigenvalue weighted by Crippen LogP contribution is 2.26. The molecule has 0 heterocycles. The highest BCUT2D eigenvalue weighted by Gasteiger charge is 2.19. The minimum atomic E-state index is -0.175. The number of aryl methyl sites for hydroxylation is 4. The Balaban J connectivity index is 1.98. The molecule has 1 atom stereocenters. The third-order valence-electron chi connectivity index (χ3n) is 4.91. The number of nitrogens with one attached hydrogen (secondary N) is 1. The van der Waals surface area contributed by atoms with E-state index in [-0.39, 0.29) is 11.9 Å². The van der Waals surface area contributed by atoms with Gasteiger partial charge in [0.05, 0.1) is 6.04 Å². The van der Waals surface area contributed by atoms with E-state index >= 15 is 0 Å². The zero-order valence-electron chi connectivity index (χ0n) is 15.8. The molecule has 0 saturated carbocycles. The average Bonchev–Trinajstić information content (AvgIpc) is 2.63. The highest BCUT2D eigenvalue weighted by atomic mass is 16.1. The third-order valence-corrected chi connectivity index (χ3v) is 4.91. The number of rotatable bonds is 4. The molecule has 132 valence electrons. The van der Waals surface area contributed by atoms with Crippen LogP contribution in [0.1, 0.15) is 49.8 Å². The molecule has 3 aromatic rings. The van der Waals surface area contributed by atoms with Crippen molar-refractivity contribution in [2.75, 3.05) is 0 Å². The van der Waals surface area contributed by atoms with Crippen LogP contribution < -0.4 is 5.32 Å². The summed E-state index contributed by atoms with van der Waals surface area (Å²) in [7, 11) is 0. The summed E-state index contributed by atoms with van der Waals surface area (Å²) in [5, 5.41) is 3.23.